The number of aromatic nitrogens is 1. The molecule has 0 aromatic carbocycles. The number of nitrogens with one attached hydrogen (secondary N) is 1. The number of rotatable bonds is 6. The van der Waals surface area contributed by atoms with Gasteiger partial charge in [0.25, 0.3) is 0 Å². The minimum atomic E-state index is -3.64. The van der Waals surface area contributed by atoms with Gasteiger partial charge in [0.1, 0.15) is 4.90 Å². The van der Waals surface area contributed by atoms with Crippen molar-refractivity contribution in [3.63, 3.8) is 0 Å². The summed E-state index contributed by atoms with van der Waals surface area (Å²) in [6, 6.07) is 2.44. The lowest BCUT2D eigenvalue weighted by Gasteiger charge is -2.13. The Hall–Kier alpha value is -1.47. The van der Waals surface area contributed by atoms with Crippen LogP contribution < -0.4 is 4.72 Å². The van der Waals surface area contributed by atoms with Gasteiger partial charge in [-0.1, -0.05) is 0 Å². The maximum absolute atomic E-state index is 11.9. The SMILES string of the molecule is CCOC(=O)CC(C)NS(=O)(=O)c1cccnc1. The van der Waals surface area contributed by atoms with Crippen molar-refractivity contribution in [1.82, 2.24) is 9.71 Å². The maximum atomic E-state index is 11.9. The molecule has 1 aromatic heterocycles. The van der Waals surface area contributed by atoms with Gasteiger partial charge in [-0.05, 0) is 26.0 Å². The highest BCUT2D eigenvalue weighted by atomic mass is 32.2. The van der Waals surface area contributed by atoms with Crippen LogP contribution in [0.25, 0.3) is 0 Å². The molecule has 0 amide bonds. The molecule has 100 valence electrons. The largest absolute Gasteiger partial charge is 0.466 e. The highest BCUT2D eigenvalue weighted by molar-refractivity contribution is 7.89. The van der Waals surface area contributed by atoms with Gasteiger partial charge in [-0.25, -0.2) is 13.1 Å². The molecule has 6 nitrogen and oxygen atoms in total. The van der Waals surface area contributed by atoms with Gasteiger partial charge < -0.3 is 4.74 Å². The predicted molar refractivity (Wildman–Crippen MR) is 65.3 cm³/mol. The first-order valence-electron chi connectivity index (χ1n) is 5.53. The molecule has 1 unspecified atom stereocenters. The average molecular weight is 272 g/mol. The topological polar surface area (TPSA) is 85.4 Å². The van der Waals surface area contributed by atoms with Crippen molar-refractivity contribution in [2.24, 2.45) is 0 Å². The Bertz CT molecular complexity index is 487. The van der Waals surface area contributed by atoms with Gasteiger partial charge in [0.05, 0.1) is 13.0 Å². The standard InChI is InChI=1S/C11H16N2O4S/c1-3-17-11(14)7-9(2)13-18(15,16)10-5-4-6-12-8-10/h4-6,8-9,13H,3,7H2,1-2H3. The third-order valence-electron chi connectivity index (χ3n) is 2.08. The molecule has 1 heterocycles. The number of carbonyl (C=O) groups excluding carboxylic acids is 1. The van der Waals surface area contributed by atoms with Crippen molar-refractivity contribution in [2.45, 2.75) is 31.2 Å². The van der Waals surface area contributed by atoms with Crippen LogP contribution in [0.5, 0.6) is 0 Å². The zero-order chi connectivity index (χ0) is 13.6. The van der Waals surface area contributed by atoms with E-state index < -0.39 is 22.0 Å². The highest BCUT2D eigenvalue weighted by Crippen LogP contribution is 2.07. The lowest BCUT2D eigenvalue weighted by atomic mass is 10.3. The fourth-order valence-corrected chi connectivity index (χ4v) is 2.56. The van der Waals surface area contributed by atoms with Crippen molar-refractivity contribution in [1.29, 1.82) is 0 Å². The average Bonchev–Trinajstić information content (AvgIpc) is 2.29. The highest BCUT2D eigenvalue weighted by Gasteiger charge is 2.19. The van der Waals surface area contributed by atoms with Crippen LogP contribution in [0.3, 0.4) is 0 Å². The van der Waals surface area contributed by atoms with Crippen LogP contribution in [0.15, 0.2) is 29.4 Å². The van der Waals surface area contributed by atoms with Gasteiger partial charge in [0.2, 0.25) is 10.0 Å². The molecule has 1 N–H and O–H groups in total. The normalized spacial score (nSPS) is 13.0. The van der Waals surface area contributed by atoms with Gasteiger partial charge in [-0.15, -0.1) is 0 Å². The lowest BCUT2D eigenvalue weighted by molar-refractivity contribution is -0.143. The molecule has 0 bridgehead atoms. The number of sulfonamides is 1. The Labute approximate surface area is 106 Å². The van der Waals surface area contributed by atoms with Crippen LogP contribution in [-0.2, 0) is 19.6 Å². The second kappa shape index (κ2) is 6.46. The molecule has 0 fully saturated rings. The molecule has 0 aliphatic rings. The second-order valence-electron chi connectivity index (χ2n) is 3.72. The molecular formula is C11H16N2O4S. The quantitative estimate of drug-likeness (QED) is 0.770. The second-order valence-corrected chi connectivity index (χ2v) is 5.43. The fourth-order valence-electron chi connectivity index (χ4n) is 1.35. The summed E-state index contributed by atoms with van der Waals surface area (Å²) in [5.41, 5.74) is 0. The van der Waals surface area contributed by atoms with Crippen molar-refractivity contribution in [2.75, 3.05) is 6.61 Å². The zero-order valence-electron chi connectivity index (χ0n) is 10.3. The van der Waals surface area contributed by atoms with E-state index in [1.807, 2.05) is 0 Å². The molecule has 18 heavy (non-hydrogen) atoms. The molecule has 0 spiro atoms. The third kappa shape index (κ3) is 4.42. The Morgan fingerprint density at radius 3 is 2.83 bits per heavy atom. The van der Waals surface area contributed by atoms with Crippen LogP contribution in [-0.4, -0.2) is 32.0 Å². The minimum absolute atomic E-state index is 0.00661. The van der Waals surface area contributed by atoms with Crippen LogP contribution in [0.4, 0.5) is 0 Å². The number of hydrogen-bond donors (Lipinski definition) is 1. The van der Waals surface area contributed by atoms with E-state index in [4.69, 9.17) is 4.74 Å². The first kappa shape index (κ1) is 14.6. The van der Waals surface area contributed by atoms with Crippen molar-refractivity contribution < 1.29 is 17.9 Å². The van der Waals surface area contributed by atoms with Gasteiger partial charge in [-0.2, -0.15) is 0 Å². The molecule has 0 radical (unpaired) electrons. The number of ether oxygens (including phenoxy) is 1. The van der Waals surface area contributed by atoms with E-state index in [9.17, 15) is 13.2 Å². The van der Waals surface area contributed by atoms with Crippen molar-refractivity contribution in [3.05, 3.63) is 24.5 Å². The van der Waals surface area contributed by atoms with Crippen LogP contribution >= 0.6 is 0 Å². The summed E-state index contributed by atoms with van der Waals surface area (Å²) in [4.78, 5) is 15.0. The minimum Gasteiger partial charge on any atom is -0.466 e. The number of carbonyl (C=O) groups is 1. The third-order valence-corrected chi connectivity index (χ3v) is 3.65. The maximum Gasteiger partial charge on any atom is 0.307 e. The van der Waals surface area contributed by atoms with E-state index in [1.54, 1.807) is 13.8 Å². The lowest BCUT2D eigenvalue weighted by Crippen LogP contribution is -2.34. The summed E-state index contributed by atoms with van der Waals surface area (Å²) < 4.78 is 30.9. The molecule has 1 atom stereocenters. The molecule has 0 saturated heterocycles. The van der Waals surface area contributed by atoms with Crippen molar-refractivity contribution in [3.8, 4) is 0 Å². The first-order valence-corrected chi connectivity index (χ1v) is 7.02. The van der Waals surface area contributed by atoms with E-state index in [0.29, 0.717) is 0 Å². The van der Waals surface area contributed by atoms with E-state index in [0.717, 1.165) is 0 Å². The monoisotopic (exact) mass is 272 g/mol. The van der Waals surface area contributed by atoms with E-state index in [2.05, 4.69) is 9.71 Å². The Balaban J connectivity index is 2.64. The number of esters is 1. The molecule has 1 aromatic rings. The Kier molecular flexibility index (Phi) is 5.24. The van der Waals surface area contributed by atoms with E-state index in [1.165, 1.54) is 24.5 Å². The summed E-state index contributed by atoms with van der Waals surface area (Å²) in [5, 5.41) is 0. The summed E-state index contributed by atoms with van der Waals surface area (Å²) >= 11 is 0. The first-order chi connectivity index (χ1) is 8.45. The number of pyridine rings is 1. The number of nitrogens with zero attached hydrogens (tertiary/aromatic N) is 1. The van der Waals surface area contributed by atoms with Crippen LogP contribution in [0.2, 0.25) is 0 Å². The molecule has 1 rings (SSSR count). The summed E-state index contributed by atoms with van der Waals surface area (Å²) in [7, 11) is -3.64. The Morgan fingerprint density at radius 2 is 2.28 bits per heavy atom. The van der Waals surface area contributed by atoms with Gasteiger partial charge in [-0.3, -0.25) is 9.78 Å². The predicted octanol–water partition coefficient (Wildman–Crippen LogP) is 0.702. The summed E-state index contributed by atoms with van der Waals surface area (Å²) in [6.07, 6.45) is 2.73. The van der Waals surface area contributed by atoms with Gasteiger partial charge in [0.15, 0.2) is 0 Å². The van der Waals surface area contributed by atoms with Gasteiger partial charge >= 0.3 is 5.97 Å². The summed E-state index contributed by atoms with van der Waals surface area (Å²) in [5.74, 6) is -0.432. The van der Waals surface area contributed by atoms with E-state index in [-0.39, 0.29) is 17.9 Å². The summed E-state index contributed by atoms with van der Waals surface area (Å²) in [6.45, 7) is 3.58. The van der Waals surface area contributed by atoms with Gasteiger partial charge in [0, 0.05) is 18.4 Å². The number of hydrogen-bond acceptors (Lipinski definition) is 5. The van der Waals surface area contributed by atoms with Crippen molar-refractivity contribution >= 4 is 16.0 Å². The molecule has 0 saturated carbocycles. The molecule has 0 aliphatic carbocycles. The van der Waals surface area contributed by atoms with Crippen LogP contribution in [0, 0.1) is 0 Å². The smallest absolute Gasteiger partial charge is 0.307 e. The molecular weight excluding hydrogens is 256 g/mol. The Morgan fingerprint density at radius 1 is 1.56 bits per heavy atom. The zero-order valence-corrected chi connectivity index (χ0v) is 11.1. The fraction of sp³-hybridized carbons (Fsp3) is 0.455. The molecule has 0 aliphatic heterocycles. The molecule has 7 heteroatoms. The van der Waals surface area contributed by atoms with E-state index >= 15 is 0 Å². The van der Waals surface area contributed by atoms with Crippen LogP contribution in [0.1, 0.15) is 20.3 Å².